The van der Waals surface area contributed by atoms with Gasteiger partial charge in [0.25, 0.3) is 0 Å². The maximum Gasteiger partial charge on any atom is 0.415 e. The first-order valence-electron chi connectivity index (χ1n) is 9.25. The minimum atomic E-state index is -1.33. The van der Waals surface area contributed by atoms with Crippen molar-refractivity contribution in [1.82, 2.24) is 9.80 Å². The third-order valence-electron chi connectivity index (χ3n) is 4.42. The van der Waals surface area contributed by atoms with Gasteiger partial charge in [0, 0.05) is 13.5 Å². The summed E-state index contributed by atoms with van der Waals surface area (Å²) >= 11 is 0. The number of hydrogen-bond acceptors (Lipinski definition) is 5. The zero-order valence-electron chi connectivity index (χ0n) is 16.9. The molecule has 1 aliphatic rings. The van der Waals surface area contributed by atoms with E-state index in [-0.39, 0.29) is 12.5 Å². The van der Waals surface area contributed by atoms with E-state index in [9.17, 15) is 19.5 Å². The molecular formula is C20H28N2O6. The van der Waals surface area contributed by atoms with E-state index in [1.807, 2.05) is 44.2 Å². The molecule has 3 amide bonds. The van der Waals surface area contributed by atoms with Crippen LogP contribution >= 0.6 is 0 Å². The Morgan fingerprint density at radius 1 is 1.25 bits per heavy atom. The first kappa shape index (κ1) is 21.7. The van der Waals surface area contributed by atoms with Gasteiger partial charge in [-0.2, -0.15) is 0 Å². The Balaban J connectivity index is 2.41. The molecule has 0 saturated carbocycles. The van der Waals surface area contributed by atoms with Crippen LogP contribution in [0.25, 0.3) is 0 Å². The standard InChI is InChI=1S/C20H28N2O6/c1-13(2)12-21(19(25)26)18(24)22-16(11-15-9-7-6-8-10-15)17(27-14(3)23)28-20(22,4)5/h6-10,13,16-17H,11-12H2,1-5H3,(H,25,26). The van der Waals surface area contributed by atoms with E-state index in [4.69, 9.17) is 9.47 Å². The molecule has 0 spiro atoms. The smallest absolute Gasteiger partial charge is 0.415 e. The molecule has 1 N–H and O–H groups in total. The molecule has 0 bridgehead atoms. The molecule has 0 aromatic heterocycles. The third kappa shape index (κ3) is 5.01. The third-order valence-corrected chi connectivity index (χ3v) is 4.42. The number of carbonyl (C=O) groups is 3. The molecule has 154 valence electrons. The zero-order valence-corrected chi connectivity index (χ0v) is 16.9. The molecular weight excluding hydrogens is 364 g/mol. The Kier molecular flexibility index (Phi) is 6.66. The Morgan fingerprint density at radius 2 is 1.86 bits per heavy atom. The van der Waals surface area contributed by atoms with Crippen LogP contribution in [0.1, 0.15) is 40.2 Å². The van der Waals surface area contributed by atoms with Crippen molar-refractivity contribution in [3.05, 3.63) is 35.9 Å². The maximum absolute atomic E-state index is 13.2. The molecule has 8 heteroatoms. The van der Waals surface area contributed by atoms with Crippen LogP contribution in [-0.2, 0) is 20.7 Å². The van der Waals surface area contributed by atoms with E-state index in [0.717, 1.165) is 10.5 Å². The van der Waals surface area contributed by atoms with Gasteiger partial charge >= 0.3 is 18.1 Å². The van der Waals surface area contributed by atoms with Gasteiger partial charge in [0.15, 0.2) is 0 Å². The molecule has 2 rings (SSSR count). The quantitative estimate of drug-likeness (QED) is 0.772. The van der Waals surface area contributed by atoms with Crippen LogP contribution in [0.3, 0.4) is 0 Å². The Bertz CT molecular complexity index is 719. The van der Waals surface area contributed by atoms with E-state index in [0.29, 0.717) is 6.42 Å². The highest BCUT2D eigenvalue weighted by Gasteiger charge is 2.53. The van der Waals surface area contributed by atoms with E-state index >= 15 is 0 Å². The number of ether oxygens (including phenoxy) is 2. The first-order chi connectivity index (χ1) is 13.0. The molecule has 1 saturated heterocycles. The predicted molar refractivity (Wildman–Crippen MR) is 101 cm³/mol. The fraction of sp³-hybridized carbons (Fsp3) is 0.550. The molecule has 8 nitrogen and oxygen atoms in total. The predicted octanol–water partition coefficient (Wildman–Crippen LogP) is 3.31. The van der Waals surface area contributed by atoms with Crippen molar-refractivity contribution < 1.29 is 29.0 Å². The first-order valence-corrected chi connectivity index (χ1v) is 9.25. The van der Waals surface area contributed by atoms with Crippen molar-refractivity contribution >= 4 is 18.1 Å². The molecule has 0 radical (unpaired) electrons. The van der Waals surface area contributed by atoms with Gasteiger partial charge in [-0.3, -0.25) is 9.69 Å². The molecule has 1 aromatic rings. The average molecular weight is 392 g/mol. The highest BCUT2D eigenvalue weighted by molar-refractivity contribution is 5.90. The van der Waals surface area contributed by atoms with Crippen molar-refractivity contribution in [2.24, 2.45) is 5.92 Å². The topological polar surface area (TPSA) is 96.4 Å². The summed E-state index contributed by atoms with van der Waals surface area (Å²) in [6.07, 6.45) is -1.97. The number of nitrogens with zero attached hydrogens (tertiary/aromatic N) is 2. The van der Waals surface area contributed by atoms with Crippen LogP contribution in [0.5, 0.6) is 0 Å². The fourth-order valence-corrected chi connectivity index (χ4v) is 3.36. The number of benzene rings is 1. The molecule has 0 aliphatic carbocycles. The summed E-state index contributed by atoms with van der Waals surface area (Å²) in [5.74, 6) is -0.575. The van der Waals surface area contributed by atoms with Crippen LogP contribution in [-0.4, -0.2) is 57.6 Å². The lowest BCUT2D eigenvalue weighted by Gasteiger charge is -2.36. The van der Waals surface area contributed by atoms with Crippen LogP contribution in [0.4, 0.5) is 9.59 Å². The lowest BCUT2D eigenvalue weighted by Crippen LogP contribution is -2.56. The van der Waals surface area contributed by atoms with Crippen LogP contribution < -0.4 is 0 Å². The summed E-state index contributed by atoms with van der Waals surface area (Å²) in [6.45, 7) is 8.29. The molecule has 1 fully saturated rings. The van der Waals surface area contributed by atoms with Gasteiger partial charge in [-0.1, -0.05) is 44.2 Å². The molecule has 2 unspecified atom stereocenters. The summed E-state index contributed by atoms with van der Waals surface area (Å²) in [5, 5.41) is 9.56. The van der Waals surface area contributed by atoms with Crippen LogP contribution in [0.2, 0.25) is 0 Å². The normalized spacial score (nSPS) is 20.9. The minimum absolute atomic E-state index is 0.0384. The van der Waals surface area contributed by atoms with Gasteiger partial charge in [0.2, 0.25) is 6.29 Å². The van der Waals surface area contributed by atoms with Gasteiger partial charge < -0.3 is 14.6 Å². The Morgan fingerprint density at radius 3 is 2.36 bits per heavy atom. The summed E-state index contributed by atoms with van der Waals surface area (Å²) in [6, 6.07) is 8.03. The number of imide groups is 1. The summed E-state index contributed by atoms with van der Waals surface area (Å²) in [4.78, 5) is 38.7. The second-order valence-electron chi connectivity index (χ2n) is 7.74. The van der Waals surface area contributed by atoms with Gasteiger partial charge in [-0.15, -0.1) is 0 Å². The molecule has 1 heterocycles. The Hall–Kier alpha value is -2.61. The van der Waals surface area contributed by atoms with Gasteiger partial charge in [0.05, 0.1) is 0 Å². The number of rotatable bonds is 5. The van der Waals surface area contributed by atoms with Crippen molar-refractivity contribution in [2.75, 3.05) is 6.54 Å². The highest BCUT2D eigenvalue weighted by atomic mass is 16.7. The van der Waals surface area contributed by atoms with Crippen LogP contribution in [0, 0.1) is 5.92 Å². The lowest BCUT2D eigenvalue weighted by atomic mass is 10.0. The lowest BCUT2D eigenvalue weighted by molar-refractivity contribution is -0.185. The highest BCUT2D eigenvalue weighted by Crippen LogP contribution is 2.35. The van der Waals surface area contributed by atoms with Crippen molar-refractivity contribution in [3.8, 4) is 0 Å². The largest absolute Gasteiger partial charge is 0.465 e. The van der Waals surface area contributed by atoms with E-state index in [1.165, 1.54) is 11.8 Å². The van der Waals surface area contributed by atoms with Crippen molar-refractivity contribution in [1.29, 1.82) is 0 Å². The monoisotopic (exact) mass is 392 g/mol. The average Bonchev–Trinajstić information content (AvgIpc) is 2.81. The summed E-state index contributed by atoms with van der Waals surface area (Å²) in [5.41, 5.74) is -0.240. The second-order valence-corrected chi connectivity index (χ2v) is 7.74. The summed E-state index contributed by atoms with van der Waals surface area (Å²) < 4.78 is 11.2. The minimum Gasteiger partial charge on any atom is -0.465 e. The molecule has 28 heavy (non-hydrogen) atoms. The number of amides is 3. The summed E-state index contributed by atoms with van der Waals surface area (Å²) in [7, 11) is 0. The Labute approximate surface area is 165 Å². The van der Waals surface area contributed by atoms with Gasteiger partial charge in [-0.25, -0.2) is 14.5 Å². The number of hydrogen-bond donors (Lipinski definition) is 1. The second kappa shape index (κ2) is 8.60. The SMILES string of the molecule is CC(=O)OC1OC(C)(C)N(C(=O)N(CC(C)C)C(=O)O)C1Cc1ccccc1. The number of carbonyl (C=O) groups excluding carboxylic acids is 2. The van der Waals surface area contributed by atoms with E-state index in [2.05, 4.69) is 0 Å². The van der Waals surface area contributed by atoms with E-state index < -0.39 is 36.2 Å². The fourth-order valence-electron chi connectivity index (χ4n) is 3.36. The zero-order chi connectivity index (χ0) is 21.1. The van der Waals surface area contributed by atoms with Gasteiger partial charge in [-0.05, 0) is 31.7 Å². The van der Waals surface area contributed by atoms with E-state index in [1.54, 1.807) is 13.8 Å². The molecule has 1 aliphatic heterocycles. The van der Waals surface area contributed by atoms with Crippen molar-refractivity contribution in [3.63, 3.8) is 0 Å². The number of urea groups is 1. The number of carboxylic acid groups (broad SMARTS) is 1. The van der Waals surface area contributed by atoms with Crippen LogP contribution in [0.15, 0.2) is 30.3 Å². The maximum atomic E-state index is 13.2. The van der Waals surface area contributed by atoms with Crippen molar-refractivity contribution in [2.45, 2.75) is 59.1 Å². The number of esters is 1. The molecule has 2 atom stereocenters. The molecule has 1 aromatic carbocycles. The van der Waals surface area contributed by atoms with Gasteiger partial charge in [0.1, 0.15) is 11.8 Å².